The molecule has 1 heteroatoms. The Balaban J connectivity index is 3.19. The van der Waals surface area contributed by atoms with Crippen LogP contribution in [0.2, 0.25) is 0 Å². The Labute approximate surface area is 112 Å². The maximum atomic E-state index is 3.63. The van der Waals surface area contributed by atoms with Crippen LogP contribution in [0.25, 0.3) is 0 Å². The van der Waals surface area contributed by atoms with Crippen LogP contribution in [0.1, 0.15) is 78.6 Å². The Morgan fingerprint density at radius 1 is 0.812 bits per heavy atom. The van der Waals surface area contributed by atoms with Crippen molar-refractivity contribution in [3.63, 3.8) is 0 Å². The molecule has 0 aromatic carbocycles. The van der Waals surface area contributed by atoms with Gasteiger partial charge >= 0.3 is 0 Å². The van der Waals surface area contributed by atoms with E-state index < -0.39 is 0 Å². The van der Waals surface area contributed by atoms with E-state index in [4.69, 9.17) is 0 Å². The van der Waals surface area contributed by atoms with Gasteiger partial charge in [0, 0.05) is 5.33 Å². The normalized spacial score (nSPS) is 13.3. The molecule has 0 aromatic heterocycles. The maximum Gasteiger partial charge on any atom is 0.00621 e. The fourth-order valence-corrected chi connectivity index (χ4v) is 3.20. The summed E-state index contributed by atoms with van der Waals surface area (Å²) >= 11 is 3.63. The minimum absolute atomic E-state index is 0.837. The summed E-state index contributed by atoms with van der Waals surface area (Å²) in [5.41, 5.74) is 0. The molecule has 0 rings (SSSR count). The van der Waals surface area contributed by atoms with Crippen LogP contribution in [0, 0.1) is 11.8 Å². The smallest absolute Gasteiger partial charge is 0.00621 e. The Morgan fingerprint density at radius 2 is 1.31 bits per heavy atom. The van der Waals surface area contributed by atoms with Gasteiger partial charge in [-0.3, -0.25) is 0 Å². The summed E-state index contributed by atoms with van der Waals surface area (Å²) in [4.78, 5) is 0. The number of hydrogen-bond donors (Lipinski definition) is 0. The maximum absolute atomic E-state index is 3.63. The molecule has 1 atom stereocenters. The summed E-state index contributed by atoms with van der Waals surface area (Å²) in [7, 11) is 0. The zero-order valence-corrected chi connectivity index (χ0v) is 13.2. The average Bonchev–Trinajstić information content (AvgIpc) is 2.26. The van der Waals surface area contributed by atoms with Crippen LogP contribution in [0.3, 0.4) is 0 Å². The topological polar surface area (TPSA) is 0 Å². The van der Waals surface area contributed by atoms with E-state index in [1.165, 1.54) is 63.1 Å². The van der Waals surface area contributed by atoms with Crippen LogP contribution in [-0.2, 0) is 0 Å². The molecule has 0 amide bonds. The molecular weight excluding hydrogens is 260 g/mol. The van der Waals surface area contributed by atoms with E-state index in [0.717, 1.165) is 11.8 Å². The highest BCUT2D eigenvalue weighted by Crippen LogP contribution is 2.21. The van der Waals surface area contributed by atoms with Crippen LogP contribution >= 0.6 is 15.9 Å². The molecule has 98 valence electrons. The first-order valence-corrected chi connectivity index (χ1v) is 8.40. The highest BCUT2D eigenvalue weighted by Gasteiger charge is 2.10. The average molecular weight is 291 g/mol. The van der Waals surface area contributed by atoms with Crippen molar-refractivity contribution in [2.24, 2.45) is 11.8 Å². The van der Waals surface area contributed by atoms with Crippen molar-refractivity contribution in [1.82, 2.24) is 0 Å². The first-order valence-electron chi connectivity index (χ1n) is 7.28. The summed E-state index contributed by atoms with van der Waals surface area (Å²) in [5.74, 6) is 1.73. The molecule has 0 bridgehead atoms. The van der Waals surface area contributed by atoms with Crippen molar-refractivity contribution in [1.29, 1.82) is 0 Å². The molecule has 0 nitrogen and oxygen atoms in total. The van der Waals surface area contributed by atoms with E-state index in [-0.39, 0.29) is 0 Å². The Morgan fingerprint density at radius 3 is 1.75 bits per heavy atom. The van der Waals surface area contributed by atoms with Crippen molar-refractivity contribution < 1.29 is 0 Å². The van der Waals surface area contributed by atoms with Gasteiger partial charge in [0.25, 0.3) is 0 Å². The van der Waals surface area contributed by atoms with E-state index >= 15 is 0 Å². The zero-order valence-electron chi connectivity index (χ0n) is 11.6. The molecule has 0 saturated carbocycles. The highest BCUT2D eigenvalue weighted by atomic mass is 79.9. The number of halogens is 1. The molecular formula is C15H31Br. The van der Waals surface area contributed by atoms with Gasteiger partial charge in [0.1, 0.15) is 0 Å². The second-order valence-electron chi connectivity index (χ2n) is 5.42. The molecule has 0 aromatic rings. The van der Waals surface area contributed by atoms with Gasteiger partial charge in [0.15, 0.2) is 0 Å². The largest absolute Gasteiger partial charge is 0.0925 e. The van der Waals surface area contributed by atoms with Crippen LogP contribution in [0.4, 0.5) is 0 Å². The fourth-order valence-electron chi connectivity index (χ4n) is 2.13. The van der Waals surface area contributed by atoms with Gasteiger partial charge in [-0.25, -0.2) is 0 Å². The van der Waals surface area contributed by atoms with Gasteiger partial charge in [0.2, 0.25) is 0 Å². The summed E-state index contributed by atoms with van der Waals surface area (Å²) in [6, 6.07) is 0. The highest BCUT2D eigenvalue weighted by molar-refractivity contribution is 9.09. The van der Waals surface area contributed by atoms with Gasteiger partial charge in [-0.15, -0.1) is 0 Å². The van der Waals surface area contributed by atoms with E-state index in [1.54, 1.807) is 0 Å². The second-order valence-corrected chi connectivity index (χ2v) is 6.07. The van der Waals surface area contributed by atoms with Crippen molar-refractivity contribution in [3.05, 3.63) is 0 Å². The molecule has 0 N–H and O–H groups in total. The third kappa shape index (κ3) is 9.69. The molecule has 0 radical (unpaired) electrons. The van der Waals surface area contributed by atoms with Gasteiger partial charge in [-0.2, -0.15) is 0 Å². The molecule has 0 aliphatic carbocycles. The summed E-state index contributed by atoms with van der Waals surface area (Å²) in [6.07, 6.45) is 12.9. The standard InChI is InChI=1S/C15H31Br/c1-4-5-6-7-8-9-10-11-12-15(13-16)14(2)3/h14-15H,4-13H2,1-3H3. The molecule has 0 spiro atoms. The third-order valence-electron chi connectivity index (χ3n) is 3.57. The third-order valence-corrected chi connectivity index (χ3v) is 4.40. The first-order chi connectivity index (χ1) is 7.72. The van der Waals surface area contributed by atoms with Crippen molar-refractivity contribution in [2.75, 3.05) is 5.33 Å². The molecule has 0 saturated heterocycles. The minimum Gasteiger partial charge on any atom is -0.0925 e. The zero-order chi connectivity index (χ0) is 12.2. The lowest BCUT2D eigenvalue weighted by Gasteiger charge is -2.17. The molecule has 0 aliphatic heterocycles. The van der Waals surface area contributed by atoms with Crippen LogP contribution in [0.5, 0.6) is 0 Å². The predicted molar refractivity (Wildman–Crippen MR) is 79.3 cm³/mol. The van der Waals surface area contributed by atoms with Crippen LogP contribution in [-0.4, -0.2) is 5.33 Å². The van der Waals surface area contributed by atoms with Gasteiger partial charge < -0.3 is 0 Å². The summed E-state index contributed by atoms with van der Waals surface area (Å²) in [5, 5.41) is 1.18. The van der Waals surface area contributed by atoms with Crippen LogP contribution in [0.15, 0.2) is 0 Å². The molecule has 16 heavy (non-hydrogen) atoms. The van der Waals surface area contributed by atoms with Gasteiger partial charge in [0.05, 0.1) is 0 Å². The molecule has 0 heterocycles. The van der Waals surface area contributed by atoms with E-state index in [9.17, 15) is 0 Å². The van der Waals surface area contributed by atoms with E-state index in [0.29, 0.717) is 0 Å². The minimum atomic E-state index is 0.837. The molecule has 0 aliphatic rings. The van der Waals surface area contributed by atoms with Crippen LogP contribution < -0.4 is 0 Å². The predicted octanol–water partition coefficient (Wildman–Crippen LogP) is 6.18. The Hall–Kier alpha value is 0.480. The quantitative estimate of drug-likeness (QED) is 0.315. The first kappa shape index (κ1) is 16.5. The monoisotopic (exact) mass is 290 g/mol. The summed E-state index contributed by atoms with van der Waals surface area (Å²) < 4.78 is 0. The molecule has 0 fully saturated rings. The van der Waals surface area contributed by atoms with Gasteiger partial charge in [-0.05, 0) is 18.3 Å². The second kappa shape index (κ2) is 12.0. The van der Waals surface area contributed by atoms with Gasteiger partial charge in [-0.1, -0.05) is 88.1 Å². The van der Waals surface area contributed by atoms with Crippen molar-refractivity contribution in [2.45, 2.75) is 78.6 Å². The number of unbranched alkanes of at least 4 members (excludes halogenated alkanes) is 7. The fraction of sp³-hybridized carbons (Fsp3) is 1.00. The SMILES string of the molecule is CCCCCCCCCCC(CBr)C(C)C. The van der Waals surface area contributed by atoms with E-state index in [1.807, 2.05) is 0 Å². The lowest BCUT2D eigenvalue weighted by atomic mass is 9.92. The Kier molecular flexibility index (Phi) is 12.3. The number of alkyl halides is 1. The van der Waals surface area contributed by atoms with Crippen molar-refractivity contribution >= 4 is 15.9 Å². The van der Waals surface area contributed by atoms with E-state index in [2.05, 4.69) is 36.7 Å². The number of hydrogen-bond acceptors (Lipinski definition) is 0. The number of rotatable bonds is 11. The van der Waals surface area contributed by atoms with Crippen molar-refractivity contribution in [3.8, 4) is 0 Å². The summed E-state index contributed by atoms with van der Waals surface area (Å²) in [6.45, 7) is 6.97. The Bertz CT molecular complexity index is 131. The lowest BCUT2D eigenvalue weighted by Crippen LogP contribution is -2.09. The molecule has 1 unspecified atom stereocenters. The lowest BCUT2D eigenvalue weighted by molar-refractivity contribution is 0.382.